The van der Waals surface area contributed by atoms with E-state index in [2.05, 4.69) is 10.4 Å². The molecule has 0 aromatic carbocycles. The largest absolute Gasteiger partial charge is 0.389 e. The van der Waals surface area contributed by atoms with Crippen LogP contribution in [0.4, 0.5) is 5.82 Å². The summed E-state index contributed by atoms with van der Waals surface area (Å²) in [4.78, 5) is 17.4. The zero-order valence-corrected chi connectivity index (χ0v) is 11.3. The number of nitrogens with one attached hydrogen (secondary N) is 1. The molecule has 1 aromatic rings. The summed E-state index contributed by atoms with van der Waals surface area (Å²) in [5.74, 6) is 5.23. The molecule has 0 unspecified atom stereocenters. The maximum atomic E-state index is 12.0. The Morgan fingerprint density at radius 3 is 2.72 bits per heavy atom. The van der Waals surface area contributed by atoms with Crippen LogP contribution in [0.15, 0.2) is 12.3 Å². The predicted octanol–water partition coefficient (Wildman–Crippen LogP) is 0.863. The van der Waals surface area contributed by atoms with Crippen LogP contribution in [-0.4, -0.2) is 40.1 Å². The number of likely N-dealkylation sites (N-methyl/N-ethyl adjacent to an activating group) is 1. The van der Waals surface area contributed by atoms with E-state index in [0.717, 1.165) is 0 Å². The summed E-state index contributed by atoms with van der Waals surface area (Å²) in [5, 5.41) is 9.92. The number of pyridine rings is 1. The fourth-order valence-corrected chi connectivity index (χ4v) is 1.75. The monoisotopic (exact) mass is 272 g/mol. The van der Waals surface area contributed by atoms with Gasteiger partial charge in [0, 0.05) is 19.8 Å². The Hall–Kier alpha value is -1.37. The second kappa shape index (κ2) is 5.51. The van der Waals surface area contributed by atoms with Crippen molar-refractivity contribution in [3.8, 4) is 0 Å². The van der Waals surface area contributed by atoms with Crippen molar-refractivity contribution in [3.05, 3.63) is 22.8 Å². The SMILES string of the molecule is CN(CC(C)(C)O)C(=O)c1cnc(NN)c(Cl)c1. The van der Waals surface area contributed by atoms with Gasteiger partial charge in [-0.2, -0.15) is 0 Å². The average Bonchev–Trinajstić information content (AvgIpc) is 2.25. The van der Waals surface area contributed by atoms with Gasteiger partial charge in [-0.1, -0.05) is 11.6 Å². The minimum atomic E-state index is -0.958. The topological polar surface area (TPSA) is 91.5 Å². The number of aromatic nitrogens is 1. The van der Waals surface area contributed by atoms with Gasteiger partial charge in [0.1, 0.15) is 0 Å². The van der Waals surface area contributed by atoms with E-state index in [1.165, 1.54) is 17.2 Å². The summed E-state index contributed by atoms with van der Waals surface area (Å²) in [6.07, 6.45) is 1.38. The number of hydrazine groups is 1. The summed E-state index contributed by atoms with van der Waals surface area (Å²) < 4.78 is 0. The lowest BCUT2D eigenvalue weighted by atomic mass is 10.1. The number of aliphatic hydroxyl groups is 1. The second-order valence-corrected chi connectivity index (χ2v) is 5.08. The van der Waals surface area contributed by atoms with Gasteiger partial charge < -0.3 is 15.4 Å². The fraction of sp³-hybridized carbons (Fsp3) is 0.455. The molecule has 100 valence electrons. The molecular formula is C11H17ClN4O2. The Bertz CT molecular complexity index is 445. The molecule has 1 rings (SSSR count). The van der Waals surface area contributed by atoms with E-state index in [1.54, 1.807) is 20.9 Å². The minimum absolute atomic E-state index is 0.209. The summed E-state index contributed by atoms with van der Waals surface area (Å²) in [7, 11) is 1.60. The van der Waals surface area contributed by atoms with E-state index in [4.69, 9.17) is 17.4 Å². The summed E-state index contributed by atoms with van der Waals surface area (Å²) in [5.41, 5.74) is 1.70. The van der Waals surface area contributed by atoms with Crippen molar-refractivity contribution in [1.29, 1.82) is 0 Å². The number of anilines is 1. The lowest BCUT2D eigenvalue weighted by Crippen LogP contribution is -2.39. The lowest BCUT2D eigenvalue weighted by Gasteiger charge is -2.25. The third kappa shape index (κ3) is 3.83. The van der Waals surface area contributed by atoms with Crippen molar-refractivity contribution in [2.75, 3.05) is 19.0 Å². The molecule has 0 fully saturated rings. The molecule has 0 saturated carbocycles. The van der Waals surface area contributed by atoms with Crippen molar-refractivity contribution in [2.24, 2.45) is 5.84 Å². The average molecular weight is 273 g/mol. The summed E-state index contributed by atoms with van der Waals surface area (Å²) in [6, 6.07) is 1.48. The molecule has 0 aliphatic rings. The molecule has 0 aliphatic heterocycles. The quantitative estimate of drug-likeness (QED) is 0.559. The van der Waals surface area contributed by atoms with Gasteiger partial charge in [0.25, 0.3) is 5.91 Å². The van der Waals surface area contributed by atoms with E-state index in [0.29, 0.717) is 11.4 Å². The van der Waals surface area contributed by atoms with E-state index in [1.807, 2.05) is 0 Å². The minimum Gasteiger partial charge on any atom is -0.389 e. The first kappa shape index (κ1) is 14.7. The normalized spacial score (nSPS) is 11.2. The first-order chi connectivity index (χ1) is 8.24. The molecule has 0 spiro atoms. The zero-order chi connectivity index (χ0) is 13.9. The number of hydrogen-bond acceptors (Lipinski definition) is 5. The third-order valence-electron chi connectivity index (χ3n) is 2.20. The highest BCUT2D eigenvalue weighted by atomic mass is 35.5. The molecule has 0 bridgehead atoms. The van der Waals surface area contributed by atoms with Crippen LogP contribution >= 0.6 is 11.6 Å². The molecule has 1 amide bonds. The molecule has 0 saturated heterocycles. The molecule has 18 heavy (non-hydrogen) atoms. The van der Waals surface area contributed by atoms with Gasteiger partial charge >= 0.3 is 0 Å². The smallest absolute Gasteiger partial charge is 0.255 e. The van der Waals surface area contributed by atoms with Crippen molar-refractivity contribution in [1.82, 2.24) is 9.88 Å². The number of carbonyl (C=O) groups is 1. The van der Waals surface area contributed by atoms with Crippen LogP contribution in [0.1, 0.15) is 24.2 Å². The van der Waals surface area contributed by atoms with E-state index in [-0.39, 0.29) is 17.5 Å². The first-order valence-corrected chi connectivity index (χ1v) is 5.72. The van der Waals surface area contributed by atoms with Crippen LogP contribution in [0.2, 0.25) is 5.02 Å². The van der Waals surface area contributed by atoms with Crippen LogP contribution in [0.25, 0.3) is 0 Å². The standard InChI is InChI=1S/C11H17ClN4O2/c1-11(2,18)6-16(3)10(17)7-4-8(12)9(15-13)14-5-7/h4-5,18H,6,13H2,1-3H3,(H,14,15). The maximum absolute atomic E-state index is 12.0. The van der Waals surface area contributed by atoms with E-state index >= 15 is 0 Å². The van der Waals surface area contributed by atoms with Gasteiger partial charge in [-0.3, -0.25) is 4.79 Å². The van der Waals surface area contributed by atoms with Crippen LogP contribution < -0.4 is 11.3 Å². The number of halogens is 1. The van der Waals surface area contributed by atoms with Crippen LogP contribution in [0.3, 0.4) is 0 Å². The third-order valence-corrected chi connectivity index (χ3v) is 2.48. The van der Waals surface area contributed by atoms with Gasteiger partial charge in [-0.15, -0.1) is 0 Å². The molecular weight excluding hydrogens is 256 g/mol. The van der Waals surface area contributed by atoms with Crippen LogP contribution in [0, 0.1) is 0 Å². The van der Waals surface area contributed by atoms with Crippen molar-refractivity contribution < 1.29 is 9.90 Å². The number of amides is 1. The lowest BCUT2D eigenvalue weighted by molar-refractivity contribution is 0.0367. The van der Waals surface area contributed by atoms with E-state index in [9.17, 15) is 9.90 Å². The molecule has 0 radical (unpaired) electrons. The van der Waals surface area contributed by atoms with Crippen molar-refractivity contribution >= 4 is 23.3 Å². The van der Waals surface area contributed by atoms with Gasteiger partial charge in [-0.25, -0.2) is 10.8 Å². The number of hydrogen-bond donors (Lipinski definition) is 3. The Morgan fingerprint density at radius 1 is 1.67 bits per heavy atom. The molecule has 1 heterocycles. The Labute approximate surface area is 111 Å². The number of nitrogens with two attached hydrogens (primary N) is 1. The Morgan fingerprint density at radius 2 is 2.28 bits per heavy atom. The maximum Gasteiger partial charge on any atom is 0.255 e. The van der Waals surface area contributed by atoms with Crippen LogP contribution in [-0.2, 0) is 0 Å². The van der Waals surface area contributed by atoms with Crippen molar-refractivity contribution in [2.45, 2.75) is 19.4 Å². The molecule has 1 aromatic heterocycles. The van der Waals surface area contributed by atoms with Gasteiger partial charge in [0.2, 0.25) is 0 Å². The fourth-order valence-electron chi connectivity index (χ4n) is 1.53. The molecule has 6 nitrogen and oxygen atoms in total. The number of nitrogen functional groups attached to an aromatic ring is 1. The van der Waals surface area contributed by atoms with Crippen molar-refractivity contribution in [3.63, 3.8) is 0 Å². The van der Waals surface area contributed by atoms with Gasteiger partial charge in [0.05, 0.1) is 16.2 Å². The summed E-state index contributed by atoms with van der Waals surface area (Å²) >= 11 is 5.89. The highest BCUT2D eigenvalue weighted by Gasteiger charge is 2.21. The first-order valence-electron chi connectivity index (χ1n) is 5.34. The predicted molar refractivity (Wildman–Crippen MR) is 70.3 cm³/mol. The highest BCUT2D eigenvalue weighted by molar-refractivity contribution is 6.33. The Kier molecular flexibility index (Phi) is 4.50. The zero-order valence-electron chi connectivity index (χ0n) is 10.6. The molecule has 7 heteroatoms. The Balaban J connectivity index is 2.87. The van der Waals surface area contributed by atoms with Gasteiger partial charge in [0.15, 0.2) is 5.82 Å². The van der Waals surface area contributed by atoms with E-state index < -0.39 is 5.60 Å². The summed E-state index contributed by atoms with van der Waals surface area (Å²) in [6.45, 7) is 3.47. The molecule has 0 atom stereocenters. The molecule has 4 N–H and O–H groups in total. The number of carbonyl (C=O) groups excluding carboxylic acids is 1. The number of rotatable bonds is 4. The highest BCUT2D eigenvalue weighted by Crippen LogP contribution is 2.20. The van der Waals surface area contributed by atoms with Gasteiger partial charge in [-0.05, 0) is 19.9 Å². The second-order valence-electron chi connectivity index (χ2n) is 4.67. The van der Waals surface area contributed by atoms with Crippen LogP contribution in [0.5, 0.6) is 0 Å². The number of nitrogens with zero attached hydrogens (tertiary/aromatic N) is 2. The molecule has 0 aliphatic carbocycles.